The Kier molecular flexibility index (Phi) is 2.29. The van der Waals surface area contributed by atoms with Gasteiger partial charge < -0.3 is 10.2 Å². The Labute approximate surface area is 94.8 Å². The molecule has 1 N–H and O–H groups in total. The van der Waals surface area contributed by atoms with Crippen LogP contribution in [0.25, 0.3) is 10.9 Å². The number of aromatic nitrogens is 2. The molecule has 2 aromatic rings. The first-order chi connectivity index (χ1) is 7.86. The highest BCUT2D eigenvalue weighted by molar-refractivity contribution is 5.91. The maximum Gasteiger partial charge on any atom is 0.0912 e. The molecular formula is C12H16N4. The van der Waals surface area contributed by atoms with Gasteiger partial charge in [0.15, 0.2) is 0 Å². The summed E-state index contributed by atoms with van der Waals surface area (Å²) in [6, 6.07) is 6.42. The largest absolute Gasteiger partial charge is 0.367 e. The predicted molar refractivity (Wildman–Crippen MR) is 65.8 cm³/mol. The lowest BCUT2D eigenvalue weighted by Gasteiger charge is -2.30. The van der Waals surface area contributed by atoms with E-state index in [-0.39, 0.29) is 0 Å². The first-order valence-corrected chi connectivity index (χ1v) is 5.72. The van der Waals surface area contributed by atoms with E-state index in [1.165, 1.54) is 16.6 Å². The van der Waals surface area contributed by atoms with Gasteiger partial charge in [0.1, 0.15) is 0 Å². The molecule has 0 radical (unpaired) electrons. The highest BCUT2D eigenvalue weighted by Crippen LogP contribution is 2.26. The first kappa shape index (κ1) is 9.66. The van der Waals surface area contributed by atoms with Crippen molar-refractivity contribution in [2.24, 2.45) is 7.05 Å². The average molecular weight is 216 g/mol. The van der Waals surface area contributed by atoms with Crippen LogP contribution in [0.15, 0.2) is 24.4 Å². The van der Waals surface area contributed by atoms with Gasteiger partial charge in [-0.15, -0.1) is 0 Å². The minimum absolute atomic E-state index is 1.06. The second kappa shape index (κ2) is 3.79. The summed E-state index contributed by atoms with van der Waals surface area (Å²) in [4.78, 5) is 2.43. The van der Waals surface area contributed by atoms with Crippen LogP contribution in [0.1, 0.15) is 0 Å². The molecule has 1 aromatic carbocycles. The van der Waals surface area contributed by atoms with E-state index < -0.39 is 0 Å². The molecule has 1 saturated heterocycles. The van der Waals surface area contributed by atoms with Gasteiger partial charge in [-0.1, -0.05) is 12.1 Å². The highest BCUT2D eigenvalue weighted by Gasteiger charge is 2.14. The predicted octanol–water partition coefficient (Wildman–Crippen LogP) is 0.983. The third kappa shape index (κ3) is 1.46. The summed E-state index contributed by atoms with van der Waals surface area (Å²) in [6.45, 7) is 4.27. The Bertz CT molecular complexity index is 497. The van der Waals surface area contributed by atoms with Crippen molar-refractivity contribution < 1.29 is 0 Å². The molecule has 0 unspecified atom stereocenters. The Morgan fingerprint density at radius 3 is 2.88 bits per heavy atom. The second-order valence-corrected chi connectivity index (χ2v) is 4.22. The van der Waals surface area contributed by atoms with E-state index in [0.717, 1.165) is 26.2 Å². The van der Waals surface area contributed by atoms with Crippen molar-refractivity contribution >= 4 is 16.6 Å². The third-order valence-electron chi connectivity index (χ3n) is 3.20. The van der Waals surface area contributed by atoms with E-state index in [1.54, 1.807) is 0 Å². The molecule has 0 aliphatic carbocycles. The van der Waals surface area contributed by atoms with Gasteiger partial charge in [-0.3, -0.25) is 4.68 Å². The molecule has 0 bridgehead atoms. The van der Waals surface area contributed by atoms with Crippen LogP contribution < -0.4 is 10.2 Å². The van der Waals surface area contributed by atoms with E-state index in [2.05, 4.69) is 33.5 Å². The van der Waals surface area contributed by atoms with Crippen LogP contribution >= 0.6 is 0 Å². The van der Waals surface area contributed by atoms with Crippen LogP contribution in [0.2, 0.25) is 0 Å². The maximum absolute atomic E-state index is 4.33. The fourth-order valence-corrected chi connectivity index (χ4v) is 2.37. The lowest BCUT2D eigenvalue weighted by molar-refractivity contribution is 0.589. The molecule has 4 heteroatoms. The normalized spacial score (nSPS) is 16.9. The number of aryl methyl sites for hydroxylation is 1. The van der Waals surface area contributed by atoms with Crippen molar-refractivity contribution in [1.82, 2.24) is 15.1 Å². The first-order valence-electron chi connectivity index (χ1n) is 5.72. The quantitative estimate of drug-likeness (QED) is 0.771. The molecule has 1 fully saturated rings. The van der Waals surface area contributed by atoms with E-state index in [1.807, 2.05) is 17.9 Å². The zero-order valence-electron chi connectivity index (χ0n) is 9.48. The van der Waals surface area contributed by atoms with E-state index >= 15 is 0 Å². The van der Waals surface area contributed by atoms with Gasteiger partial charge in [0.25, 0.3) is 0 Å². The second-order valence-electron chi connectivity index (χ2n) is 4.22. The summed E-state index contributed by atoms with van der Waals surface area (Å²) in [5, 5.41) is 8.92. The van der Waals surface area contributed by atoms with Gasteiger partial charge in [0.05, 0.1) is 17.4 Å². The van der Waals surface area contributed by atoms with Gasteiger partial charge in [0.2, 0.25) is 0 Å². The summed E-state index contributed by atoms with van der Waals surface area (Å²) < 4.78 is 1.96. The van der Waals surface area contributed by atoms with Gasteiger partial charge in [-0.25, -0.2) is 0 Å². The molecule has 1 aliphatic rings. The number of nitrogens with one attached hydrogen (secondary N) is 1. The van der Waals surface area contributed by atoms with Gasteiger partial charge in [0, 0.05) is 38.6 Å². The number of fused-ring (bicyclic) bond motifs is 1. The van der Waals surface area contributed by atoms with Crippen LogP contribution in [0, 0.1) is 0 Å². The van der Waals surface area contributed by atoms with Crippen molar-refractivity contribution in [3.05, 3.63) is 24.4 Å². The van der Waals surface area contributed by atoms with Crippen LogP contribution in [0.4, 0.5) is 5.69 Å². The zero-order valence-corrected chi connectivity index (χ0v) is 9.48. The van der Waals surface area contributed by atoms with Crippen molar-refractivity contribution in [1.29, 1.82) is 0 Å². The summed E-state index contributed by atoms with van der Waals surface area (Å²) in [5.74, 6) is 0. The fourth-order valence-electron chi connectivity index (χ4n) is 2.37. The number of para-hydroxylation sites is 1. The lowest BCUT2D eigenvalue weighted by Crippen LogP contribution is -2.43. The van der Waals surface area contributed by atoms with Crippen LogP contribution in [0.3, 0.4) is 0 Å². The Morgan fingerprint density at radius 2 is 2.06 bits per heavy atom. The van der Waals surface area contributed by atoms with Crippen LogP contribution in [-0.4, -0.2) is 36.0 Å². The number of rotatable bonds is 1. The standard InChI is InChI=1S/C12H16N4/c1-15-12-10(9-14-15)3-2-4-11(12)16-7-5-13-6-8-16/h2-4,9,13H,5-8H2,1H3. The van der Waals surface area contributed by atoms with E-state index in [9.17, 15) is 0 Å². The number of benzene rings is 1. The maximum atomic E-state index is 4.33. The van der Waals surface area contributed by atoms with Gasteiger partial charge >= 0.3 is 0 Å². The monoisotopic (exact) mass is 216 g/mol. The van der Waals surface area contributed by atoms with Crippen LogP contribution in [0.5, 0.6) is 0 Å². The highest BCUT2D eigenvalue weighted by atomic mass is 15.3. The molecule has 4 nitrogen and oxygen atoms in total. The summed E-state index contributed by atoms with van der Waals surface area (Å²) in [7, 11) is 2.01. The Balaban J connectivity index is 2.10. The summed E-state index contributed by atoms with van der Waals surface area (Å²) >= 11 is 0. The number of nitrogens with zero attached hydrogens (tertiary/aromatic N) is 3. The molecule has 3 rings (SSSR count). The van der Waals surface area contributed by atoms with E-state index in [4.69, 9.17) is 0 Å². The average Bonchev–Trinajstić information content (AvgIpc) is 2.73. The smallest absolute Gasteiger partial charge is 0.0912 e. The van der Waals surface area contributed by atoms with Crippen molar-refractivity contribution in [2.45, 2.75) is 0 Å². The molecule has 16 heavy (non-hydrogen) atoms. The van der Waals surface area contributed by atoms with Crippen molar-refractivity contribution in [2.75, 3.05) is 31.1 Å². The molecule has 0 spiro atoms. The Morgan fingerprint density at radius 1 is 1.25 bits per heavy atom. The zero-order chi connectivity index (χ0) is 11.0. The SMILES string of the molecule is Cn1ncc2cccc(N3CCNCC3)c21. The molecule has 1 aromatic heterocycles. The number of piperazine rings is 1. The van der Waals surface area contributed by atoms with Crippen molar-refractivity contribution in [3.8, 4) is 0 Å². The summed E-state index contributed by atoms with van der Waals surface area (Å²) in [5.41, 5.74) is 2.54. The van der Waals surface area contributed by atoms with E-state index in [0.29, 0.717) is 0 Å². The van der Waals surface area contributed by atoms with Crippen molar-refractivity contribution in [3.63, 3.8) is 0 Å². The number of hydrogen-bond acceptors (Lipinski definition) is 3. The summed E-state index contributed by atoms with van der Waals surface area (Å²) in [6.07, 6.45) is 1.93. The topological polar surface area (TPSA) is 33.1 Å². The number of hydrogen-bond donors (Lipinski definition) is 1. The van der Waals surface area contributed by atoms with Gasteiger partial charge in [-0.2, -0.15) is 5.10 Å². The molecule has 0 saturated carbocycles. The molecular weight excluding hydrogens is 200 g/mol. The molecule has 1 aliphatic heterocycles. The lowest BCUT2D eigenvalue weighted by atomic mass is 10.2. The van der Waals surface area contributed by atoms with Crippen LogP contribution in [-0.2, 0) is 7.05 Å². The molecule has 2 heterocycles. The Hall–Kier alpha value is -1.55. The molecule has 84 valence electrons. The number of anilines is 1. The minimum atomic E-state index is 1.06. The third-order valence-corrected chi connectivity index (χ3v) is 3.20. The molecule has 0 amide bonds. The molecule has 0 atom stereocenters. The fraction of sp³-hybridized carbons (Fsp3) is 0.417. The minimum Gasteiger partial charge on any atom is -0.367 e. The van der Waals surface area contributed by atoms with Gasteiger partial charge in [-0.05, 0) is 6.07 Å².